The van der Waals surface area contributed by atoms with Gasteiger partial charge in [0.25, 0.3) is 0 Å². The minimum Gasteiger partial charge on any atom is -0.281 e. The summed E-state index contributed by atoms with van der Waals surface area (Å²) in [6.45, 7) is 2.97. The van der Waals surface area contributed by atoms with E-state index >= 15 is 0 Å². The second kappa shape index (κ2) is 7.94. The smallest absolute Gasteiger partial charge is 0.221 e. The Balaban J connectivity index is 4.92. The minimum absolute atomic E-state index is 0.0198. The Morgan fingerprint density at radius 2 is 1.25 bits per heavy atom. The van der Waals surface area contributed by atoms with Gasteiger partial charge in [0.15, 0.2) is 11.1 Å². The van der Waals surface area contributed by atoms with Crippen molar-refractivity contribution < 1.29 is 9.59 Å². The topological polar surface area (TPSA) is 106 Å². The van der Waals surface area contributed by atoms with Gasteiger partial charge in [-0.3, -0.25) is 9.59 Å². The van der Waals surface area contributed by atoms with Crippen molar-refractivity contribution in [3.05, 3.63) is 0 Å². The van der Waals surface area contributed by atoms with E-state index < -0.39 is 21.6 Å². The summed E-state index contributed by atoms with van der Waals surface area (Å²) in [6, 6.07) is 3.84. The highest BCUT2D eigenvalue weighted by Gasteiger charge is 2.29. The summed E-state index contributed by atoms with van der Waals surface area (Å²) in [5.74, 6) is 0. The molecular weight excluding hydrogens is 303 g/mol. The fourth-order valence-electron chi connectivity index (χ4n) is 1.16. The number of halogens is 2. The highest BCUT2D eigenvalue weighted by molar-refractivity contribution is 6.63. The van der Waals surface area contributed by atoms with E-state index in [4.69, 9.17) is 33.7 Å². The van der Waals surface area contributed by atoms with Crippen LogP contribution in [0.15, 0.2) is 10.2 Å². The van der Waals surface area contributed by atoms with E-state index in [9.17, 15) is 9.59 Å². The molecule has 0 heterocycles. The second-order valence-corrected chi connectivity index (χ2v) is 5.52. The number of carbonyl (C=O) groups excluding carboxylic acids is 2. The molecule has 0 bridgehead atoms. The minimum atomic E-state index is -1.24. The van der Waals surface area contributed by atoms with Gasteiger partial charge >= 0.3 is 0 Å². The fourth-order valence-corrected chi connectivity index (χ4v) is 1.35. The van der Waals surface area contributed by atoms with Gasteiger partial charge in [0, 0.05) is 12.8 Å². The summed E-state index contributed by atoms with van der Waals surface area (Å²) in [5, 5.41) is 24.7. The van der Waals surface area contributed by atoms with E-state index in [0.29, 0.717) is 0 Å². The first-order chi connectivity index (χ1) is 9.16. The molecule has 20 heavy (non-hydrogen) atoms. The van der Waals surface area contributed by atoms with Gasteiger partial charge in [-0.1, -0.05) is 0 Å². The van der Waals surface area contributed by atoms with Crippen molar-refractivity contribution >= 4 is 33.7 Å². The Hall–Kier alpha value is -1.50. The monoisotopic (exact) mass is 316 g/mol. The molecule has 0 amide bonds. The standard InChI is InChI=1S/C12H14Cl2N4O2/c1-11(7-15,5-3-9(13)19)17-18-12(2,8-16)6-4-10(14)20/h3-6H2,1-2H3. The third-order valence-corrected chi connectivity index (χ3v) is 2.97. The highest BCUT2D eigenvalue weighted by atomic mass is 35.5. The Labute approximate surface area is 127 Å². The van der Waals surface area contributed by atoms with E-state index in [1.807, 2.05) is 12.1 Å². The van der Waals surface area contributed by atoms with Crippen LogP contribution < -0.4 is 0 Å². The zero-order valence-corrected chi connectivity index (χ0v) is 12.7. The molecule has 0 aliphatic rings. The van der Waals surface area contributed by atoms with Crippen LogP contribution in [-0.2, 0) is 9.59 Å². The molecule has 8 heteroatoms. The summed E-state index contributed by atoms with van der Waals surface area (Å²) < 4.78 is 0. The lowest BCUT2D eigenvalue weighted by Crippen LogP contribution is -2.24. The summed E-state index contributed by atoms with van der Waals surface area (Å²) in [6.07, 6.45) is 0.165. The van der Waals surface area contributed by atoms with Crippen LogP contribution in [0.3, 0.4) is 0 Å². The van der Waals surface area contributed by atoms with Crippen LogP contribution in [-0.4, -0.2) is 21.6 Å². The van der Waals surface area contributed by atoms with Crippen molar-refractivity contribution in [2.24, 2.45) is 10.2 Å². The van der Waals surface area contributed by atoms with Crippen LogP contribution in [0.5, 0.6) is 0 Å². The summed E-state index contributed by atoms with van der Waals surface area (Å²) >= 11 is 10.4. The average Bonchev–Trinajstić information content (AvgIpc) is 2.41. The molecule has 0 aromatic heterocycles. The van der Waals surface area contributed by atoms with Crippen LogP contribution in [0.1, 0.15) is 39.5 Å². The quantitative estimate of drug-likeness (QED) is 0.506. The molecule has 0 saturated carbocycles. The number of rotatable bonds is 8. The molecule has 0 rings (SSSR count). The van der Waals surface area contributed by atoms with Gasteiger partial charge in [0.05, 0.1) is 12.1 Å². The summed E-state index contributed by atoms with van der Waals surface area (Å²) in [5.41, 5.74) is -2.48. The molecule has 0 fully saturated rings. The molecule has 0 aromatic carbocycles. The van der Waals surface area contributed by atoms with Crippen LogP contribution >= 0.6 is 23.2 Å². The van der Waals surface area contributed by atoms with E-state index in [-0.39, 0.29) is 25.7 Å². The van der Waals surface area contributed by atoms with Gasteiger partial charge in [-0.25, -0.2) is 0 Å². The van der Waals surface area contributed by atoms with Crippen molar-refractivity contribution in [2.45, 2.75) is 50.6 Å². The number of hydrogen-bond donors (Lipinski definition) is 0. The van der Waals surface area contributed by atoms with Crippen LogP contribution in [0.2, 0.25) is 0 Å². The van der Waals surface area contributed by atoms with Crippen molar-refractivity contribution in [3.8, 4) is 12.1 Å². The summed E-state index contributed by atoms with van der Waals surface area (Å²) in [7, 11) is 0. The maximum atomic E-state index is 10.7. The molecular formula is C12H14Cl2N4O2. The normalized spacial score (nSPS) is 16.7. The maximum absolute atomic E-state index is 10.7. The number of nitriles is 2. The maximum Gasteiger partial charge on any atom is 0.221 e. The van der Waals surface area contributed by atoms with E-state index in [0.717, 1.165) is 0 Å². The molecule has 2 unspecified atom stereocenters. The molecule has 0 N–H and O–H groups in total. The van der Waals surface area contributed by atoms with E-state index in [2.05, 4.69) is 10.2 Å². The first-order valence-electron chi connectivity index (χ1n) is 5.79. The van der Waals surface area contributed by atoms with Gasteiger partial charge in [0.2, 0.25) is 10.5 Å². The third-order valence-electron chi connectivity index (χ3n) is 2.59. The van der Waals surface area contributed by atoms with Gasteiger partial charge in [-0.2, -0.15) is 20.8 Å². The van der Waals surface area contributed by atoms with Gasteiger partial charge in [0.1, 0.15) is 0 Å². The number of azo groups is 1. The summed E-state index contributed by atoms with van der Waals surface area (Å²) in [4.78, 5) is 21.4. The van der Waals surface area contributed by atoms with Crippen molar-refractivity contribution in [1.82, 2.24) is 0 Å². The Morgan fingerprint density at radius 1 is 0.950 bits per heavy atom. The fraction of sp³-hybridized carbons (Fsp3) is 0.667. The SMILES string of the molecule is CC(C#N)(CCC(=O)Cl)N=NC(C)(C#N)CCC(=O)Cl. The van der Waals surface area contributed by atoms with Gasteiger partial charge < -0.3 is 0 Å². The zero-order chi connectivity index (χ0) is 15.8. The predicted octanol–water partition coefficient (Wildman–Crippen LogP) is 3.09. The van der Waals surface area contributed by atoms with Gasteiger partial charge in [-0.15, -0.1) is 0 Å². The Morgan fingerprint density at radius 3 is 1.45 bits per heavy atom. The predicted molar refractivity (Wildman–Crippen MR) is 73.1 cm³/mol. The molecule has 0 aliphatic heterocycles. The molecule has 108 valence electrons. The number of nitrogens with zero attached hydrogens (tertiary/aromatic N) is 4. The lowest BCUT2D eigenvalue weighted by molar-refractivity contribution is -0.112. The van der Waals surface area contributed by atoms with Crippen molar-refractivity contribution in [3.63, 3.8) is 0 Å². The first-order valence-corrected chi connectivity index (χ1v) is 6.55. The number of hydrogen-bond acceptors (Lipinski definition) is 6. The van der Waals surface area contributed by atoms with Gasteiger partial charge in [-0.05, 0) is 49.9 Å². The molecule has 2 atom stereocenters. The van der Waals surface area contributed by atoms with Crippen molar-refractivity contribution in [1.29, 1.82) is 10.5 Å². The Kier molecular flexibility index (Phi) is 7.34. The Bertz CT molecular complexity index is 451. The molecule has 0 saturated heterocycles. The molecule has 0 radical (unpaired) electrons. The lowest BCUT2D eigenvalue weighted by atomic mass is 9.98. The molecule has 0 aromatic rings. The lowest BCUT2D eigenvalue weighted by Gasteiger charge is -2.18. The second-order valence-electron chi connectivity index (χ2n) is 4.68. The third kappa shape index (κ3) is 7.18. The van der Waals surface area contributed by atoms with Crippen molar-refractivity contribution in [2.75, 3.05) is 0 Å². The van der Waals surface area contributed by atoms with E-state index in [1.54, 1.807) is 0 Å². The highest BCUT2D eigenvalue weighted by Crippen LogP contribution is 2.24. The first kappa shape index (κ1) is 18.5. The molecule has 6 nitrogen and oxygen atoms in total. The zero-order valence-electron chi connectivity index (χ0n) is 11.2. The number of carbonyl (C=O) groups is 2. The molecule has 0 spiro atoms. The van der Waals surface area contributed by atoms with Crippen LogP contribution in [0.4, 0.5) is 0 Å². The van der Waals surface area contributed by atoms with Crippen LogP contribution in [0.25, 0.3) is 0 Å². The average molecular weight is 317 g/mol. The van der Waals surface area contributed by atoms with E-state index in [1.165, 1.54) is 13.8 Å². The van der Waals surface area contributed by atoms with Crippen LogP contribution in [0, 0.1) is 22.7 Å². The molecule has 0 aliphatic carbocycles. The largest absolute Gasteiger partial charge is 0.281 e.